The third-order valence-corrected chi connectivity index (χ3v) is 1.64. The van der Waals surface area contributed by atoms with Gasteiger partial charge in [-0.3, -0.25) is 0 Å². The molecule has 0 bridgehead atoms. The second-order valence-electron chi connectivity index (χ2n) is 2.64. The molecule has 0 aromatic carbocycles. The van der Waals surface area contributed by atoms with Crippen LogP contribution in [0.4, 0.5) is 13.2 Å². The molecule has 7 heteroatoms. The lowest BCUT2D eigenvalue weighted by atomic mass is 9.86. The minimum absolute atomic E-state index is 0.188. The topological polar surface area (TPSA) is 45.4 Å². The lowest BCUT2D eigenvalue weighted by Crippen LogP contribution is -2.34. The van der Waals surface area contributed by atoms with Crippen molar-refractivity contribution in [1.29, 1.82) is 0 Å². The fourth-order valence-electron chi connectivity index (χ4n) is 0.993. The van der Waals surface area contributed by atoms with Crippen LogP contribution in [0.1, 0.15) is 5.56 Å². The molecule has 0 atom stereocenters. The molecule has 0 aliphatic carbocycles. The van der Waals surface area contributed by atoms with Gasteiger partial charge in [0, 0.05) is 18.8 Å². The van der Waals surface area contributed by atoms with E-state index in [0.717, 1.165) is 10.8 Å². The highest BCUT2D eigenvalue weighted by Gasteiger charge is 2.33. The summed E-state index contributed by atoms with van der Waals surface area (Å²) >= 11 is 0. The van der Waals surface area contributed by atoms with E-state index in [2.05, 4.69) is 0 Å². The summed E-state index contributed by atoms with van der Waals surface area (Å²) in [5, 5.41) is 17.3. The molecule has 0 aliphatic rings. The number of alkyl halides is 3. The highest BCUT2D eigenvalue weighted by atomic mass is 19.4. The Bertz CT molecular complexity index is 307. The standard InChI is InChI=1S/C6H7BF3NO2/c1-11-3-4(6(8,9)10)2-5(11)7(12)13/h2-3,12-13H,1H3. The minimum atomic E-state index is -4.45. The van der Waals surface area contributed by atoms with Crippen molar-refractivity contribution in [3.8, 4) is 0 Å². The maximum Gasteiger partial charge on any atom is 0.505 e. The molecule has 1 aromatic heterocycles. The van der Waals surface area contributed by atoms with Crippen LogP contribution in [0.25, 0.3) is 0 Å². The van der Waals surface area contributed by atoms with Crippen LogP contribution in [0, 0.1) is 0 Å². The molecule has 1 heterocycles. The Morgan fingerprint density at radius 3 is 2.15 bits per heavy atom. The summed E-state index contributed by atoms with van der Waals surface area (Å²) in [4.78, 5) is 0. The number of aromatic nitrogens is 1. The highest BCUT2D eigenvalue weighted by molar-refractivity contribution is 6.57. The molecule has 0 saturated heterocycles. The predicted octanol–water partition coefficient (Wildman–Crippen LogP) is -0.276. The van der Waals surface area contributed by atoms with Gasteiger partial charge >= 0.3 is 13.3 Å². The molecule has 1 aromatic rings. The predicted molar refractivity (Wildman–Crippen MR) is 40.2 cm³/mol. The largest absolute Gasteiger partial charge is 0.505 e. The summed E-state index contributed by atoms with van der Waals surface area (Å²) in [7, 11) is -0.578. The fraction of sp³-hybridized carbons (Fsp3) is 0.333. The van der Waals surface area contributed by atoms with Crippen molar-refractivity contribution in [2.45, 2.75) is 6.18 Å². The second kappa shape index (κ2) is 3.08. The number of halogens is 3. The van der Waals surface area contributed by atoms with Gasteiger partial charge in [0.25, 0.3) is 0 Å². The molecule has 1 rings (SSSR count). The van der Waals surface area contributed by atoms with Crippen molar-refractivity contribution >= 4 is 12.7 Å². The van der Waals surface area contributed by atoms with Gasteiger partial charge in [0.2, 0.25) is 0 Å². The average molecular weight is 193 g/mol. The van der Waals surface area contributed by atoms with Gasteiger partial charge in [-0.05, 0) is 6.07 Å². The van der Waals surface area contributed by atoms with Gasteiger partial charge < -0.3 is 14.6 Å². The molecule has 0 amide bonds. The molecule has 3 nitrogen and oxygen atoms in total. The number of hydrogen-bond acceptors (Lipinski definition) is 2. The van der Waals surface area contributed by atoms with Crippen LogP contribution in [0.5, 0.6) is 0 Å². The zero-order valence-electron chi connectivity index (χ0n) is 6.71. The van der Waals surface area contributed by atoms with E-state index in [9.17, 15) is 13.2 Å². The molecule has 13 heavy (non-hydrogen) atoms. The van der Waals surface area contributed by atoms with Gasteiger partial charge in [-0.15, -0.1) is 0 Å². The molecule has 72 valence electrons. The second-order valence-corrected chi connectivity index (χ2v) is 2.64. The quantitative estimate of drug-likeness (QED) is 0.602. The van der Waals surface area contributed by atoms with Gasteiger partial charge in [0.1, 0.15) is 0 Å². The van der Waals surface area contributed by atoms with Crippen molar-refractivity contribution in [3.63, 3.8) is 0 Å². The summed E-state index contributed by atoms with van der Waals surface area (Å²) in [5.74, 6) is 0. The summed E-state index contributed by atoms with van der Waals surface area (Å²) in [5.41, 5.74) is -1.08. The molecule has 0 saturated carbocycles. The van der Waals surface area contributed by atoms with Crippen LogP contribution in [-0.4, -0.2) is 21.7 Å². The summed E-state index contributed by atoms with van der Waals surface area (Å²) < 4.78 is 37.2. The molecule has 0 radical (unpaired) electrons. The highest BCUT2D eigenvalue weighted by Crippen LogP contribution is 2.28. The lowest BCUT2D eigenvalue weighted by Gasteiger charge is -2.00. The number of rotatable bonds is 1. The van der Waals surface area contributed by atoms with E-state index in [1.165, 1.54) is 7.05 Å². The molecule has 0 unspecified atom stereocenters. The van der Waals surface area contributed by atoms with Crippen molar-refractivity contribution in [1.82, 2.24) is 4.57 Å². The average Bonchev–Trinajstić information content (AvgIpc) is 2.29. The Hall–Kier alpha value is -0.945. The van der Waals surface area contributed by atoms with Crippen molar-refractivity contribution in [3.05, 3.63) is 17.8 Å². The van der Waals surface area contributed by atoms with Crippen LogP contribution in [0.15, 0.2) is 12.3 Å². The van der Waals surface area contributed by atoms with E-state index in [4.69, 9.17) is 10.0 Å². The smallest absolute Gasteiger partial charge is 0.422 e. The van der Waals surface area contributed by atoms with E-state index in [1.807, 2.05) is 0 Å². The number of hydrogen-bond donors (Lipinski definition) is 2. The van der Waals surface area contributed by atoms with Gasteiger partial charge in [0.05, 0.1) is 5.56 Å². The summed E-state index contributed by atoms with van der Waals surface area (Å²) in [6.07, 6.45) is -3.65. The normalized spacial score (nSPS) is 11.8. The van der Waals surface area contributed by atoms with Gasteiger partial charge in [-0.1, -0.05) is 0 Å². The first kappa shape index (κ1) is 10.1. The van der Waals surface area contributed by atoms with E-state index in [0.29, 0.717) is 6.07 Å². The third kappa shape index (κ3) is 2.04. The SMILES string of the molecule is Cn1cc(C(F)(F)F)cc1B(O)O. The first-order chi connectivity index (χ1) is 5.82. The summed E-state index contributed by atoms with van der Waals surface area (Å²) in [6.45, 7) is 0. The zero-order chi connectivity index (χ0) is 10.2. The monoisotopic (exact) mass is 193 g/mol. The Kier molecular flexibility index (Phi) is 2.40. The van der Waals surface area contributed by atoms with E-state index in [-0.39, 0.29) is 5.59 Å². The van der Waals surface area contributed by atoms with E-state index in [1.54, 1.807) is 0 Å². The first-order valence-corrected chi connectivity index (χ1v) is 3.42. The third-order valence-electron chi connectivity index (χ3n) is 1.64. The van der Waals surface area contributed by atoms with Gasteiger partial charge in [-0.25, -0.2) is 0 Å². The van der Waals surface area contributed by atoms with Gasteiger partial charge in [0.15, 0.2) is 0 Å². The molecular formula is C6H7BF3NO2. The van der Waals surface area contributed by atoms with Crippen molar-refractivity contribution in [2.24, 2.45) is 7.05 Å². The fourth-order valence-corrected chi connectivity index (χ4v) is 0.993. The molecule has 0 fully saturated rings. The Morgan fingerprint density at radius 1 is 1.38 bits per heavy atom. The Morgan fingerprint density at radius 2 is 1.92 bits per heavy atom. The molecular weight excluding hydrogens is 186 g/mol. The first-order valence-electron chi connectivity index (χ1n) is 3.42. The lowest BCUT2D eigenvalue weighted by molar-refractivity contribution is -0.137. The molecule has 0 aliphatic heterocycles. The van der Waals surface area contributed by atoms with Crippen molar-refractivity contribution in [2.75, 3.05) is 0 Å². The molecule has 2 N–H and O–H groups in total. The van der Waals surface area contributed by atoms with Crippen LogP contribution in [0.3, 0.4) is 0 Å². The maximum atomic E-state index is 12.1. The minimum Gasteiger partial charge on any atom is -0.422 e. The van der Waals surface area contributed by atoms with E-state index >= 15 is 0 Å². The molecule has 0 spiro atoms. The Balaban J connectivity index is 3.10. The van der Waals surface area contributed by atoms with E-state index < -0.39 is 18.9 Å². The van der Waals surface area contributed by atoms with Crippen LogP contribution < -0.4 is 5.59 Å². The Labute approximate surface area is 72.6 Å². The summed E-state index contributed by atoms with van der Waals surface area (Å²) in [6, 6.07) is 0.699. The van der Waals surface area contributed by atoms with Crippen LogP contribution in [0.2, 0.25) is 0 Å². The maximum absolute atomic E-state index is 12.1. The van der Waals surface area contributed by atoms with Crippen LogP contribution >= 0.6 is 0 Å². The number of aryl methyl sites for hydroxylation is 1. The van der Waals surface area contributed by atoms with Crippen LogP contribution in [-0.2, 0) is 13.2 Å². The van der Waals surface area contributed by atoms with Gasteiger partial charge in [-0.2, -0.15) is 13.2 Å². The zero-order valence-corrected chi connectivity index (χ0v) is 6.71. The van der Waals surface area contributed by atoms with Crippen molar-refractivity contribution < 1.29 is 23.2 Å². The number of nitrogens with zero attached hydrogens (tertiary/aromatic N) is 1.